The molecule has 0 unspecified atom stereocenters. The summed E-state index contributed by atoms with van der Waals surface area (Å²) in [5, 5.41) is 14.9. The monoisotopic (exact) mass is 335 g/mol. The fraction of sp³-hybridized carbons (Fsp3) is 0.231. The number of thiazole rings is 1. The largest absolute Gasteiger partial charge is 0.493 e. The van der Waals surface area contributed by atoms with Gasteiger partial charge in [-0.05, 0) is 18.9 Å². The Kier molecular flexibility index (Phi) is 3.02. The van der Waals surface area contributed by atoms with Gasteiger partial charge in [-0.25, -0.2) is 4.98 Å². The average molecular weight is 336 g/mol. The summed E-state index contributed by atoms with van der Waals surface area (Å²) < 4.78 is 1.61. The average Bonchev–Trinajstić information content (AvgIpc) is 3.09. The van der Waals surface area contributed by atoms with Gasteiger partial charge in [0.1, 0.15) is 5.15 Å². The molecule has 0 atom stereocenters. The minimum absolute atomic E-state index is 0.167. The lowest BCUT2D eigenvalue weighted by Crippen LogP contribution is -2.18. The number of nitrogens with zero attached hydrogens (tertiary/aromatic N) is 4. The van der Waals surface area contributed by atoms with Crippen molar-refractivity contribution in [1.82, 2.24) is 19.6 Å². The molecule has 9 heteroatoms. The van der Waals surface area contributed by atoms with E-state index in [0.717, 1.165) is 24.2 Å². The molecular weight excluding hydrogens is 326 g/mol. The van der Waals surface area contributed by atoms with Crippen LogP contribution in [0, 0.1) is 0 Å². The Morgan fingerprint density at radius 2 is 2.36 bits per heavy atom. The second-order valence-electron chi connectivity index (χ2n) is 5.00. The van der Waals surface area contributed by atoms with Gasteiger partial charge in [0.15, 0.2) is 11.1 Å². The predicted octanol–water partition coefficient (Wildman–Crippen LogP) is 0.449. The van der Waals surface area contributed by atoms with Crippen LogP contribution in [0.2, 0.25) is 5.15 Å². The van der Waals surface area contributed by atoms with Gasteiger partial charge in [0, 0.05) is 11.3 Å². The summed E-state index contributed by atoms with van der Waals surface area (Å²) >= 11 is 6.98. The van der Waals surface area contributed by atoms with Crippen molar-refractivity contribution in [1.29, 1.82) is 0 Å². The highest BCUT2D eigenvalue weighted by Gasteiger charge is 2.20. The van der Waals surface area contributed by atoms with Crippen molar-refractivity contribution in [3.05, 3.63) is 42.7 Å². The molecule has 1 saturated carbocycles. The molecule has 3 aromatic heterocycles. The zero-order valence-corrected chi connectivity index (χ0v) is 12.7. The minimum atomic E-state index is -0.323. The number of nitrogens with one attached hydrogen (secondary N) is 1. The van der Waals surface area contributed by atoms with Crippen molar-refractivity contribution in [3.8, 4) is 5.88 Å². The summed E-state index contributed by atoms with van der Waals surface area (Å²) in [5.41, 5.74) is 1.19. The first kappa shape index (κ1) is 13.5. The van der Waals surface area contributed by atoms with Gasteiger partial charge in [0.05, 0.1) is 17.1 Å². The quantitative estimate of drug-likeness (QED) is 0.665. The first-order valence-electron chi connectivity index (χ1n) is 6.62. The Morgan fingerprint density at radius 1 is 1.55 bits per heavy atom. The Morgan fingerprint density at radius 3 is 3.05 bits per heavy atom. The van der Waals surface area contributed by atoms with E-state index in [-0.39, 0.29) is 10.8 Å². The van der Waals surface area contributed by atoms with E-state index in [1.54, 1.807) is 22.9 Å². The molecule has 7 nitrogen and oxygen atoms in total. The van der Waals surface area contributed by atoms with Crippen molar-refractivity contribution in [2.75, 3.05) is 0 Å². The van der Waals surface area contributed by atoms with Crippen molar-refractivity contribution in [2.45, 2.75) is 18.9 Å². The van der Waals surface area contributed by atoms with E-state index < -0.39 is 0 Å². The number of H-pyrrole nitrogens is 1. The van der Waals surface area contributed by atoms with Crippen LogP contribution < -0.4 is 15.6 Å². The van der Waals surface area contributed by atoms with Crippen molar-refractivity contribution in [2.24, 2.45) is 4.99 Å². The molecule has 1 aliphatic carbocycles. The molecule has 0 amide bonds. The first-order valence-corrected chi connectivity index (χ1v) is 7.81. The van der Waals surface area contributed by atoms with Gasteiger partial charge >= 0.3 is 4.87 Å². The zero-order valence-electron chi connectivity index (χ0n) is 11.2. The number of aromatic hydroxyl groups is 1. The summed E-state index contributed by atoms with van der Waals surface area (Å²) in [6.45, 7) is 0. The highest BCUT2D eigenvalue weighted by atomic mass is 35.5. The summed E-state index contributed by atoms with van der Waals surface area (Å²) in [5.74, 6) is -0.167. The van der Waals surface area contributed by atoms with Gasteiger partial charge in [-0.2, -0.15) is 9.61 Å². The van der Waals surface area contributed by atoms with E-state index in [2.05, 4.69) is 20.1 Å². The van der Waals surface area contributed by atoms with Crippen molar-refractivity contribution >= 4 is 34.7 Å². The predicted molar refractivity (Wildman–Crippen MR) is 82.0 cm³/mol. The van der Waals surface area contributed by atoms with Gasteiger partial charge in [-0.1, -0.05) is 22.9 Å². The van der Waals surface area contributed by atoms with E-state index in [4.69, 9.17) is 11.6 Å². The molecule has 0 radical (unpaired) electrons. The molecule has 22 heavy (non-hydrogen) atoms. The summed E-state index contributed by atoms with van der Waals surface area (Å²) in [6.07, 6.45) is 5.40. The molecule has 0 saturated heterocycles. The molecule has 1 fully saturated rings. The molecule has 112 valence electrons. The molecular formula is C13H10ClN5O2S. The number of halogens is 1. The SMILES string of the molecule is O=c1[nH]c(O)c(/C=c2/cnn3c(=NC4CC4)cc(Cl)nc23)s1. The van der Waals surface area contributed by atoms with Gasteiger partial charge in [0.2, 0.25) is 5.88 Å². The van der Waals surface area contributed by atoms with Crippen molar-refractivity contribution < 1.29 is 5.11 Å². The van der Waals surface area contributed by atoms with Gasteiger partial charge in [-0.3, -0.25) is 14.8 Å². The summed E-state index contributed by atoms with van der Waals surface area (Å²) in [6, 6.07) is 2.01. The Bertz CT molecular complexity index is 1050. The van der Waals surface area contributed by atoms with Gasteiger partial charge in [0.25, 0.3) is 0 Å². The zero-order chi connectivity index (χ0) is 15.3. The molecule has 0 bridgehead atoms. The van der Waals surface area contributed by atoms with Gasteiger partial charge in [-0.15, -0.1) is 0 Å². The first-order chi connectivity index (χ1) is 10.6. The molecule has 3 heterocycles. The van der Waals surface area contributed by atoms with Gasteiger partial charge < -0.3 is 5.11 Å². The van der Waals surface area contributed by atoms with E-state index in [9.17, 15) is 9.90 Å². The lowest BCUT2D eigenvalue weighted by Gasteiger charge is -1.96. The summed E-state index contributed by atoms with van der Waals surface area (Å²) in [4.78, 5) is 22.5. The number of fused-ring (bicyclic) bond motifs is 1. The molecule has 0 aliphatic heterocycles. The normalized spacial score (nSPS) is 16.8. The highest BCUT2D eigenvalue weighted by molar-refractivity contribution is 7.10. The molecule has 4 rings (SSSR count). The number of aromatic amines is 1. The van der Waals surface area contributed by atoms with E-state index in [1.165, 1.54) is 0 Å². The molecule has 0 aromatic carbocycles. The minimum Gasteiger partial charge on any atom is -0.493 e. The topological polar surface area (TPSA) is 95.6 Å². The molecule has 0 spiro atoms. The number of rotatable bonds is 2. The maximum atomic E-state index is 11.3. The van der Waals surface area contributed by atoms with Crippen LogP contribution in [0.1, 0.15) is 17.7 Å². The van der Waals surface area contributed by atoms with Crippen molar-refractivity contribution in [3.63, 3.8) is 0 Å². The van der Waals surface area contributed by atoms with E-state index in [1.807, 2.05) is 0 Å². The molecule has 2 N–H and O–H groups in total. The second-order valence-corrected chi connectivity index (χ2v) is 6.41. The van der Waals surface area contributed by atoms with Crippen LogP contribution in [0.5, 0.6) is 5.88 Å². The second kappa shape index (κ2) is 4.92. The van der Waals surface area contributed by atoms with Crippen LogP contribution in [0.15, 0.2) is 22.1 Å². The smallest absolute Gasteiger partial charge is 0.307 e. The Hall–Kier alpha value is -2.19. The summed E-state index contributed by atoms with van der Waals surface area (Å²) in [7, 11) is 0. The lowest BCUT2D eigenvalue weighted by molar-refractivity contribution is 0.455. The third-order valence-corrected chi connectivity index (χ3v) is 4.27. The standard InChI is InChI=1S/C13H10ClN5O2S/c14-9-4-10(16-7-1-2-7)19-11(17-9)6(5-15-19)3-8-12(20)18-13(21)22-8/h3-5,7,20H,1-2H2,(H,18,21)/b6-3-,16-10?. The van der Waals surface area contributed by atoms with Crippen LogP contribution in [0.3, 0.4) is 0 Å². The third kappa shape index (κ3) is 2.40. The fourth-order valence-corrected chi connectivity index (χ4v) is 2.95. The Balaban J connectivity index is 1.98. The van der Waals surface area contributed by atoms with E-state index >= 15 is 0 Å². The maximum Gasteiger partial charge on any atom is 0.307 e. The lowest BCUT2D eigenvalue weighted by atomic mass is 10.4. The Labute approximate surface area is 132 Å². The van der Waals surface area contributed by atoms with Crippen LogP contribution in [0.4, 0.5) is 0 Å². The van der Waals surface area contributed by atoms with E-state index in [0.29, 0.717) is 32.4 Å². The number of hydrogen-bond acceptors (Lipinski definition) is 6. The van der Waals surface area contributed by atoms with Crippen LogP contribution in [-0.4, -0.2) is 30.7 Å². The third-order valence-electron chi connectivity index (χ3n) is 3.25. The number of hydrogen-bond donors (Lipinski definition) is 2. The molecule has 1 aliphatic rings. The van der Waals surface area contributed by atoms with Crippen LogP contribution in [0.25, 0.3) is 11.7 Å². The maximum absolute atomic E-state index is 11.3. The van der Waals surface area contributed by atoms with Crippen LogP contribution >= 0.6 is 22.9 Å². The highest BCUT2D eigenvalue weighted by Crippen LogP contribution is 2.22. The molecule has 3 aromatic rings. The van der Waals surface area contributed by atoms with Crippen LogP contribution in [-0.2, 0) is 0 Å². The number of aromatic nitrogens is 4. The fourth-order valence-electron chi connectivity index (χ4n) is 2.09.